The molecule has 0 aliphatic carbocycles. The second-order valence-corrected chi connectivity index (χ2v) is 6.20. The van der Waals surface area contributed by atoms with Crippen LogP contribution in [0.25, 0.3) is 11.5 Å². The minimum atomic E-state index is 0.173. The van der Waals surface area contributed by atoms with Crippen LogP contribution in [0.15, 0.2) is 22.7 Å². The minimum Gasteiger partial charge on any atom is -0.507 e. The summed E-state index contributed by atoms with van der Waals surface area (Å²) in [5.74, 6) is 3.34. The van der Waals surface area contributed by atoms with Crippen molar-refractivity contribution in [2.45, 2.75) is 13.0 Å². The quantitative estimate of drug-likeness (QED) is 0.917. The van der Waals surface area contributed by atoms with E-state index in [2.05, 4.69) is 22.1 Å². The zero-order valence-electron chi connectivity index (χ0n) is 11.5. The summed E-state index contributed by atoms with van der Waals surface area (Å²) in [5.41, 5.74) is 1.58. The van der Waals surface area contributed by atoms with E-state index < -0.39 is 0 Å². The lowest BCUT2D eigenvalue weighted by atomic mass is 10.1. The fourth-order valence-electron chi connectivity index (χ4n) is 2.26. The third-order valence-corrected chi connectivity index (χ3v) is 4.54. The molecular formula is C14H17N3O2S. The highest BCUT2D eigenvalue weighted by atomic mass is 32.2. The van der Waals surface area contributed by atoms with E-state index in [-0.39, 0.29) is 11.8 Å². The zero-order chi connectivity index (χ0) is 14.1. The van der Waals surface area contributed by atoms with Gasteiger partial charge in [0.15, 0.2) is 5.82 Å². The van der Waals surface area contributed by atoms with Gasteiger partial charge in [0, 0.05) is 18.1 Å². The smallest absolute Gasteiger partial charge is 0.261 e. The van der Waals surface area contributed by atoms with Gasteiger partial charge in [0.1, 0.15) is 5.75 Å². The number of phenolic OH excluding ortho intramolecular Hbond substituents is 1. The summed E-state index contributed by atoms with van der Waals surface area (Å²) in [6, 6.07) is 5.60. The van der Waals surface area contributed by atoms with Gasteiger partial charge in [-0.05, 0) is 31.7 Å². The predicted molar refractivity (Wildman–Crippen MR) is 78.8 cm³/mol. The van der Waals surface area contributed by atoms with Crippen LogP contribution in [0.3, 0.4) is 0 Å². The van der Waals surface area contributed by atoms with Crippen molar-refractivity contribution < 1.29 is 9.63 Å². The van der Waals surface area contributed by atoms with Crippen LogP contribution >= 0.6 is 11.8 Å². The van der Waals surface area contributed by atoms with Gasteiger partial charge in [-0.2, -0.15) is 16.7 Å². The van der Waals surface area contributed by atoms with Gasteiger partial charge in [-0.15, -0.1) is 0 Å². The maximum Gasteiger partial charge on any atom is 0.261 e. The van der Waals surface area contributed by atoms with Crippen molar-refractivity contribution in [2.24, 2.45) is 0 Å². The third-order valence-electron chi connectivity index (χ3n) is 3.52. The van der Waals surface area contributed by atoms with Crippen LogP contribution in [0.4, 0.5) is 0 Å². The van der Waals surface area contributed by atoms with Crippen molar-refractivity contribution in [3.63, 3.8) is 0 Å². The largest absolute Gasteiger partial charge is 0.507 e. The first kappa shape index (κ1) is 13.5. The average Bonchev–Trinajstić information content (AvgIpc) is 2.88. The lowest BCUT2D eigenvalue weighted by molar-refractivity contribution is 0.257. The fourth-order valence-corrected chi connectivity index (χ4v) is 3.47. The second kappa shape index (κ2) is 5.46. The number of hydrogen-bond acceptors (Lipinski definition) is 6. The number of aryl methyl sites for hydroxylation is 1. The third kappa shape index (κ3) is 2.53. The Morgan fingerprint density at radius 1 is 1.45 bits per heavy atom. The molecule has 6 heteroatoms. The Bertz CT molecular complexity index is 614. The Balaban J connectivity index is 1.89. The van der Waals surface area contributed by atoms with E-state index in [9.17, 15) is 5.11 Å². The maximum atomic E-state index is 9.97. The molecule has 0 saturated carbocycles. The summed E-state index contributed by atoms with van der Waals surface area (Å²) in [6.07, 6.45) is 0. The number of aromatic hydroxyl groups is 1. The first-order valence-corrected chi connectivity index (χ1v) is 7.72. The van der Waals surface area contributed by atoms with Crippen LogP contribution in [0, 0.1) is 6.92 Å². The Kier molecular flexibility index (Phi) is 3.67. The van der Waals surface area contributed by atoms with Crippen molar-refractivity contribution in [1.29, 1.82) is 0 Å². The molecule has 0 spiro atoms. The van der Waals surface area contributed by atoms with E-state index >= 15 is 0 Å². The number of hydrogen-bond donors (Lipinski definition) is 1. The molecule has 1 aliphatic heterocycles. The summed E-state index contributed by atoms with van der Waals surface area (Å²) in [7, 11) is 2.07. The molecule has 20 heavy (non-hydrogen) atoms. The lowest BCUT2D eigenvalue weighted by Crippen LogP contribution is -2.33. The normalized spacial score (nSPS) is 20.2. The lowest BCUT2D eigenvalue weighted by Gasteiger charge is -2.29. The van der Waals surface area contributed by atoms with Crippen molar-refractivity contribution in [3.8, 4) is 17.2 Å². The summed E-state index contributed by atoms with van der Waals surface area (Å²) in [6.45, 7) is 2.95. The molecule has 0 radical (unpaired) electrons. The standard InChI is InChI=1S/C14H17N3O2S/c1-9-3-4-10(12(18)7-9)14-15-13(16-19-14)11-8-20-6-5-17(11)2/h3-4,7,11,18H,5-6,8H2,1-2H3. The minimum absolute atomic E-state index is 0.173. The Labute approximate surface area is 122 Å². The Hall–Kier alpha value is -1.53. The molecular weight excluding hydrogens is 274 g/mol. The molecule has 1 aromatic heterocycles. The number of benzene rings is 1. The number of thioether (sulfide) groups is 1. The predicted octanol–water partition coefficient (Wildman–Crippen LogP) is 2.47. The molecule has 1 aliphatic rings. The topological polar surface area (TPSA) is 62.4 Å². The summed E-state index contributed by atoms with van der Waals surface area (Å²) < 4.78 is 5.32. The number of rotatable bonds is 2. The maximum absolute atomic E-state index is 9.97. The first-order valence-electron chi connectivity index (χ1n) is 6.57. The Morgan fingerprint density at radius 2 is 2.30 bits per heavy atom. The number of nitrogens with zero attached hydrogens (tertiary/aromatic N) is 3. The van der Waals surface area contributed by atoms with Crippen molar-refractivity contribution in [1.82, 2.24) is 15.0 Å². The van der Waals surface area contributed by atoms with E-state index in [1.807, 2.05) is 24.8 Å². The first-order chi connectivity index (χ1) is 9.65. The van der Waals surface area contributed by atoms with Gasteiger partial charge in [-0.1, -0.05) is 11.2 Å². The highest BCUT2D eigenvalue weighted by Crippen LogP contribution is 2.31. The van der Waals surface area contributed by atoms with Gasteiger partial charge >= 0.3 is 0 Å². The van der Waals surface area contributed by atoms with E-state index in [0.29, 0.717) is 17.3 Å². The molecule has 1 unspecified atom stereocenters. The highest BCUT2D eigenvalue weighted by molar-refractivity contribution is 7.99. The van der Waals surface area contributed by atoms with E-state index in [0.717, 1.165) is 23.6 Å². The molecule has 1 atom stereocenters. The van der Waals surface area contributed by atoms with Crippen molar-refractivity contribution >= 4 is 11.8 Å². The van der Waals surface area contributed by atoms with Crippen LogP contribution in [-0.4, -0.2) is 45.2 Å². The van der Waals surface area contributed by atoms with Gasteiger partial charge in [0.25, 0.3) is 5.89 Å². The van der Waals surface area contributed by atoms with Crippen molar-refractivity contribution in [3.05, 3.63) is 29.6 Å². The van der Waals surface area contributed by atoms with Crippen LogP contribution < -0.4 is 0 Å². The molecule has 1 fully saturated rings. The van der Waals surface area contributed by atoms with Gasteiger partial charge in [-0.3, -0.25) is 4.90 Å². The van der Waals surface area contributed by atoms with Crippen molar-refractivity contribution in [2.75, 3.05) is 25.1 Å². The average molecular weight is 291 g/mol. The highest BCUT2D eigenvalue weighted by Gasteiger charge is 2.26. The molecule has 2 aromatic rings. The molecule has 3 rings (SSSR count). The number of aromatic nitrogens is 2. The molecule has 1 N–H and O–H groups in total. The van der Waals surface area contributed by atoms with Crippen LogP contribution in [0.2, 0.25) is 0 Å². The second-order valence-electron chi connectivity index (χ2n) is 5.05. The summed E-state index contributed by atoms with van der Waals surface area (Å²) in [4.78, 5) is 6.69. The number of phenols is 1. The molecule has 0 bridgehead atoms. The van der Waals surface area contributed by atoms with Crippen LogP contribution in [0.1, 0.15) is 17.4 Å². The van der Waals surface area contributed by atoms with E-state index in [1.165, 1.54) is 0 Å². The zero-order valence-corrected chi connectivity index (χ0v) is 12.4. The fraction of sp³-hybridized carbons (Fsp3) is 0.429. The van der Waals surface area contributed by atoms with Gasteiger partial charge in [0.2, 0.25) is 0 Å². The Morgan fingerprint density at radius 3 is 3.05 bits per heavy atom. The molecule has 1 saturated heterocycles. The summed E-state index contributed by atoms with van der Waals surface area (Å²) in [5, 5.41) is 14.1. The summed E-state index contributed by atoms with van der Waals surface area (Å²) >= 11 is 1.90. The van der Waals surface area contributed by atoms with E-state index in [4.69, 9.17) is 4.52 Å². The molecule has 1 aromatic carbocycles. The molecule has 0 amide bonds. The van der Waals surface area contributed by atoms with Gasteiger partial charge in [-0.25, -0.2) is 0 Å². The molecule has 2 heterocycles. The van der Waals surface area contributed by atoms with Gasteiger partial charge in [0.05, 0.1) is 11.6 Å². The van der Waals surface area contributed by atoms with Crippen LogP contribution in [0.5, 0.6) is 5.75 Å². The molecule has 106 valence electrons. The SMILES string of the molecule is Cc1ccc(-c2nc(C3CSCCN3C)no2)c(O)c1. The van der Waals surface area contributed by atoms with Gasteiger partial charge < -0.3 is 9.63 Å². The monoisotopic (exact) mass is 291 g/mol. The molecule has 5 nitrogen and oxygen atoms in total. The van der Waals surface area contributed by atoms with E-state index in [1.54, 1.807) is 12.1 Å². The van der Waals surface area contributed by atoms with Crippen LogP contribution in [-0.2, 0) is 0 Å².